The number of aliphatic hydroxyl groups excluding tert-OH is 1. The van der Waals surface area contributed by atoms with Crippen molar-refractivity contribution in [2.45, 2.75) is 31.0 Å². The highest BCUT2D eigenvalue weighted by atomic mass is 16.5. The van der Waals surface area contributed by atoms with Crippen molar-refractivity contribution in [3.8, 4) is 5.75 Å². The predicted octanol–water partition coefficient (Wildman–Crippen LogP) is 4.48. The van der Waals surface area contributed by atoms with E-state index in [0.717, 1.165) is 22.3 Å². The van der Waals surface area contributed by atoms with Gasteiger partial charge in [0.05, 0.1) is 6.61 Å². The van der Waals surface area contributed by atoms with Crippen molar-refractivity contribution in [1.29, 1.82) is 0 Å². The van der Waals surface area contributed by atoms with Crippen molar-refractivity contribution in [2.24, 2.45) is 4.99 Å². The summed E-state index contributed by atoms with van der Waals surface area (Å²) in [6, 6.07) is 25.6. The zero-order valence-corrected chi connectivity index (χ0v) is 20.2. The van der Waals surface area contributed by atoms with Gasteiger partial charge in [-0.1, -0.05) is 60.7 Å². The van der Waals surface area contributed by atoms with Gasteiger partial charge in [-0.15, -0.1) is 6.58 Å². The molecule has 2 atom stereocenters. The summed E-state index contributed by atoms with van der Waals surface area (Å²) in [7, 11) is 0. The van der Waals surface area contributed by atoms with Crippen LogP contribution in [0.3, 0.4) is 0 Å². The first-order valence-corrected chi connectivity index (χ1v) is 12.3. The van der Waals surface area contributed by atoms with Crippen LogP contribution in [-0.2, 0) is 22.5 Å². The summed E-state index contributed by atoms with van der Waals surface area (Å²) in [5, 5.41) is 8.98. The van der Waals surface area contributed by atoms with E-state index in [0.29, 0.717) is 44.2 Å². The van der Waals surface area contributed by atoms with E-state index in [2.05, 4.69) is 12.6 Å². The molecule has 0 saturated heterocycles. The highest BCUT2D eigenvalue weighted by Crippen LogP contribution is 2.46. The number of benzene rings is 3. The summed E-state index contributed by atoms with van der Waals surface area (Å²) >= 11 is 0. The molecule has 0 unspecified atom stereocenters. The smallest absolute Gasteiger partial charge is 0.255 e. The molecule has 0 bridgehead atoms. The number of hydrogen-bond acceptors (Lipinski definition) is 5. The molecule has 6 heteroatoms. The lowest BCUT2D eigenvalue weighted by molar-refractivity contribution is -0.139. The van der Waals surface area contributed by atoms with Crippen LogP contribution in [0.1, 0.15) is 34.8 Å². The van der Waals surface area contributed by atoms with Crippen molar-refractivity contribution in [2.75, 3.05) is 19.8 Å². The molecular weight excluding hydrogens is 452 g/mol. The van der Waals surface area contributed by atoms with Gasteiger partial charge in [-0.25, -0.2) is 4.99 Å². The highest BCUT2D eigenvalue weighted by molar-refractivity contribution is 6.01. The van der Waals surface area contributed by atoms with Crippen LogP contribution >= 0.6 is 0 Å². The van der Waals surface area contributed by atoms with Gasteiger partial charge in [0.2, 0.25) is 5.90 Å². The summed E-state index contributed by atoms with van der Waals surface area (Å²) in [6.07, 6.45) is 2.20. The van der Waals surface area contributed by atoms with E-state index < -0.39 is 11.6 Å². The molecule has 184 valence electrons. The Labute approximate surface area is 211 Å². The van der Waals surface area contributed by atoms with E-state index in [1.165, 1.54) is 0 Å². The Morgan fingerprint density at radius 1 is 1.08 bits per heavy atom. The lowest BCUT2D eigenvalue weighted by Gasteiger charge is -2.32. The molecule has 6 nitrogen and oxygen atoms in total. The molecule has 0 fully saturated rings. The van der Waals surface area contributed by atoms with E-state index in [1.54, 1.807) is 6.08 Å². The van der Waals surface area contributed by atoms with Crippen molar-refractivity contribution in [3.05, 3.63) is 114 Å². The molecular formula is C30H30N2O4. The van der Waals surface area contributed by atoms with Gasteiger partial charge in [0.1, 0.15) is 5.75 Å². The Morgan fingerprint density at radius 2 is 1.83 bits per heavy atom. The van der Waals surface area contributed by atoms with E-state index in [-0.39, 0.29) is 12.5 Å². The van der Waals surface area contributed by atoms with E-state index in [1.807, 2.05) is 77.7 Å². The fourth-order valence-electron chi connectivity index (χ4n) is 4.94. The summed E-state index contributed by atoms with van der Waals surface area (Å²) in [4.78, 5) is 21.1. The van der Waals surface area contributed by atoms with E-state index in [4.69, 9.17) is 19.6 Å². The van der Waals surface area contributed by atoms with Gasteiger partial charge in [-0.3, -0.25) is 4.79 Å². The third kappa shape index (κ3) is 4.52. The van der Waals surface area contributed by atoms with Crippen molar-refractivity contribution < 1.29 is 19.4 Å². The van der Waals surface area contributed by atoms with Gasteiger partial charge in [0, 0.05) is 43.7 Å². The van der Waals surface area contributed by atoms with Gasteiger partial charge in [0.25, 0.3) is 5.91 Å². The monoisotopic (exact) mass is 482 g/mol. The maximum absolute atomic E-state index is 14.2. The van der Waals surface area contributed by atoms with Gasteiger partial charge in [-0.05, 0) is 35.4 Å². The Kier molecular flexibility index (Phi) is 6.87. The number of carbonyl (C=O) groups is 1. The van der Waals surface area contributed by atoms with Gasteiger partial charge < -0.3 is 19.5 Å². The molecule has 1 amide bonds. The number of ether oxygens (including phenoxy) is 2. The summed E-state index contributed by atoms with van der Waals surface area (Å²) < 4.78 is 12.2. The maximum atomic E-state index is 14.2. The van der Waals surface area contributed by atoms with Gasteiger partial charge >= 0.3 is 0 Å². The lowest BCUT2D eigenvalue weighted by Crippen LogP contribution is -2.49. The van der Waals surface area contributed by atoms with Crippen molar-refractivity contribution in [1.82, 2.24) is 4.90 Å². The largest absolute Gasteiger partial charge is 0.494 e. The predicted molar refractivity (Wildman–Crippen MR) is 139 cm³/mol. The molecule has 2 aliphatic rings. The molecule has 0 saturated carbocycles. The first kappa shape index (κ1) is 23.8. The number of fused-ring (bicyclic) bond motifs is 3. The van der Waals surface area contributed by atoms with Crippen LogP contribution in [0, 0.1) is 0 Å². The number of rotatable bonds is 9. The molecule has 2 heterocycles. The van der Waals surface area contributed by atoms with Crippen LogP contribution in [-0.4, -0.2) is 47.1 Å². The Bertz CT molecular complexity index is 1260. The quantitative estimate of drug-likeness (QED) is 0.361. The number of aliphatic imine (C=N–C) groups is 1. The molecule has 36 heavy (non-hydrogen) atoms. The standard InChI is InChI=1S/C30H30N2O4/c1-2-17-32-21-24-11-6-7-12-26(24)27-30(29(32)34,20-22-9-4-3-5-10-22)31-28(36-27)23-13-15-25(16-14-23)35-19-8-18-33/h2-7,9-16,27,33H,1,8,17-21H2/t27-,30-/m0/s1. The topological polar surface area (TPSA) is 71.4 Å². The number of carbonyl (C=O) groups excluding carboxylic acids is 1. The maximum Gasteiger partial charge on any atom is 0.255 e. The van der Waals surface area contributed by atoms with Crippen LogP contribution in [0.15, 0.2) is 96.5 Å². The molecule has 3 aromatic carbocycles. The van der Waals surface area contributed by atoms with Crippen LogP contribution in [0.25, 0.3) is 0 Å². The fourth-order valence-corrected chi connectivity index (χ4v) is 4.94. The fraction of sp³-hybridized carbons (Fsp3) is 0.267. The SMILES string of the molecule is C=CCN1Cc2ccccc2[C@@H]2OC(c3ccc(OCCCO)cc3)=N[C@]2(Cc2ccccc2)C1=O. The van der Waals surface area contributed by atoms with E-state index >= 15 is 0 Å². The van der Waals surface area contributed by atoms with Crippen LogP contribution in [0.5, 0.6) is 5.75 Å². The third-order valence-corrected chi connectivity index (χ3v) is 6.66. The summed E-state index contributed by atoms with van der Waals surface area (Å²) in [6.45, 7) is 5.33. The van der Waals surface area contributed by atoms with Crippen LogP contribution in [0.2, 0.25) is 0 Å². The Morgan fingerprint density at radius 3 is 2.58 bits per heavy atom. The Hall–Kier alpha value is -3.90. The zero-order valence-electron chi connectivity index (χ0n) is 20.2. The number of aliphatic hydroxyl groups is 1. The summed E-state index contributed by atoms with van der Waals surface area (Å²) in [5.74, 6) is 1.09. The number of amides is 1. The molecule has 0 radical (unpaired) electrons. The highest BCUT2D eigenvalue weighted by Gasteiger charge is 2.56. The van der Waals surface area contributed by atoms with E-state index in [9.17, 15) is 4.79 Å². The Balaban J connectivity index is 1.59. The molecule has 0 spiro atoms. The van der Waals surface area contributed by atoms with Crippen molar-refractivity contribution in [3.63, 3.8) is 0 Å². The van der Waals surface area contributed by atoms with Gasteiger partial charge in [-0.2, -0.15) is 0 Å². The summed E-state index contributed by atoms with van der Waals surface area (Å²) in [5.41, 5.74) is 2.70. The first-order chi connectivity index (χ1) is 17.6. The molecule has 3 aromatic rings. The molecule has 0 aromatic heterocycles. The van der Waals surface area contributed by atoms with Gasteiger partial charge in [0.15, 0.2) is 11.6 Å². The second-order valence-electron chi connectivity index (χ2n) is 9.12. The average Bonchev–Trinajstić information content (AvgIpc) is 3.26. The molecule has 1 N–H and O–H groups in total. The minimum absolute atomic E-state index is 0.0635. The van der Waals surface area contributed by atoms with Crippen molar-refractivity contribution >= 4 is 11.8 Å². The minimum Gasteiger partial charge on any atom is -0.494 e. The third-order valence-electron chi connectivity index (χ3n) is 6.66. The normalized spacial score (nSPS) is 20.6. The average molecular weight is 483 g/mol. The second-order valence-corrected chi connectivity index (χ2v) is 9.12. The van der Waals surface area contributed by atoms with Crippen LogP contribution in [0.4, 0.5) is 0 Å². The molecule has 5 rings (SSSR count). The number of hydrogen-bond donors (Lipinski definition) is 1. The molecule has 2 aliphatic heterocycles. The first-order valence-electron chi connectivity index (χ1n) is 12.3. The lowest BCUT2D eigenvalue weighted by atomic mass is 9.81. The number of nitrogens with zero attached hydrogens (tertiary/aromatic N) is 2. The van der Waals surface area contributed by atoms with Crippen LogP contribution < -0.4 is 4.74 Å². The zero-order chi connectivity index (χ0) is 25.0. The second kappa shape index (κ2) is 10.4. The minimum atomic E-state index is -1.14. The molecule has 0 aliphatic carbocycles.